The lowest BCUT2D eigenvalue weighted by atomic mass is 10.3. The van der Waals surface area contributed by atoms with Gasteiger partial charge in [0.1, 0.15) is 5.75 Å². The molecular weight excluding hydrogens is 396 g/mol. The van der Waals surface area contributed by atoms with Gasteiger partial charge in [-0.15, -0.1) is 22.7 Å². The molecule has 4 rings (SSSR count). The summed E-state index contributed by atoms with van der Waals surface area (Å²) in [4.78, 5) is 14.5. The SMILES string of the molecule is Cc1csc(Nc2ncc(Sc3nc(C)cs3)cc2Oc2ccccc2)n1. The molecule has 1 aromatic carbocycles. The van der Waals surface area contributed by atoms with E-state index in [1.165, 1.54) is 11.3 Å². The number of nitrogens with one attached hydrogen (secondary N) is 1. The highest BCUT2D eigenvalue weighted by Crippen LogP contribution is 2.37. The standard InChI is InChI=1S/C19H16N4OS3/c1-12-10-25-18(21-12)23-17-16(24-14-6-4-3-5-7-14)8-15(9-20-17)27-19-22-13(2)11-26-19/h3-11H,1-2H3,(H,20,21,23). The Hall–Kier alpha value is -2.42. The Balaban J connectivity index is 1.64. The number of rotatable bonds is 6. The van der Waals surface area contributed by atoms with Gasteiger partial charge in [0.25, 0.3) is 0 Å². The monoisotopic (exact) mass is 412 g/mol. The minimum absolute atomic E-state index is 0.632. The number of para-hydroxylation sites is 1. The predicted octanol–water partition coefficient (Wildman–Crippen LogP) is 6.30. The number of hydrogen-bond donors (Lipinski definition) is 1. The molecule has 136 valence electrons. The Morgan fingerprint density at radius 3 is 2.48 bits per heavy atom. The first-order valence-corrected chi connectivity index (χ1v) is 10.8. The summed E-state index contributed by atoms with van der Waals surface area (Å²) in [7, 11) is 0. The van der Waals surface area contributed by atoms with E-state index < -0.39 is 0 Å². The van der Waals surface area contributed by atoms with Gasteiger partial charge in [0.2, 0.25) is 0 Å². The van der Waals surface area contributed by atoms with Crippen molar-refractivity contribution in [3.05, 3.63) is 64.7 Å². The van der Waals surface area contributed by atoms with Crippen LogP contribution >= 0.6 is 34.4 Å². The van der Waals surface area contributed by atoms with Gasteiger partial charge in [-0.25, -0.2) is 15.0 Å². The number of thiazole rings is 2. The van der Waals surface area contributed by atoms with Crippen LogP contribution < -0.4 is 10.1 Å². The molecule has 3 heterocycles. The predicted molar refractivity (Wildman–Crippen MR) is 112 cm³/mol. The summed E-state index contributed by atoms with van der Waals surface area (Å²) in [5.41, 5.74) is 1.99. The van der Waals surface area contributed by atoms with Crippen molar-refractivity contribution in [3.63, 3.8) is 0 Å². The van der Waals surface area contributed by atoms with Crippen LogP contribution in [0.25, 0.3) is 0 Å². The maximum Gasteiger partial charge on any atom is 0.188 e. The molecule has 0 radical (unpaired) electrons. The van der Waals surface area contributed by atoms with E-state index >= 15 is 0 Å². The van der Waals surface area contributed by atoms with E-state index in [1.807, 2.05) is 67.2 Å². The van der Waals surface area contributed by atoms with Crippen molar-refractivity contribution >= 4 is 45.4 Å². The second-order valence-electron chi connectivity index (χ2n) is 5.71. The molecule has 3 aromatic heterocycles. The molecule has 0 unspecified atom stereocenters. The van der Waals surface area contributed by atoms with Crippen LogP contribution in [-0.2, 0) is 0 Å². The number of hydrogen-bond acceptors (Lipinski definition) is 8. The maximum atomic E-state index is 6.09. The third-order valence-electron chi connectivity index (χ3n) is 3.45. The summed E-state index contributed by atoms with van der Waals surface area (Å²) in [6.45, 7) is 3.96. The van der Waals surface area contributed by atoms with Gasteiger partial charge < -0.3 is 10.1 Å². The number of aromatic nitrogens is 3. The molecule has 0 bridgehead atoms. The summed E-state index contributed by atoms with van der Waals surface area (Å²) >= 11 is 4.74. The van der Waals surface area contributed by atoms with E-state index in [2.05, 4.69) is 20.3 Å². The van der Waals surface area contributed by atoms with Gasteiger partial charge in [-0.05, 0) is 26.0 Å². The quantitative estimate of drug-likeness (QED) is 0.401. The normalized spacial score (nSPS) is 10.7. The van der Waals surface area contributed by atoms with E-state index in [1.54, 1.807) is 23.1 Å². The molecule has 8 heteroatoms. The highest BCUT2D eigenvalue weighted by Gasteiger charge is 2.12. The minimum atomic E-state index is 0.632. The third-order valence-corrected chi connectivity index (χ3v) is 6.34. The number of anilines is 2. The number of nitrogens with zero attached hydrogens (tertiary/aromatic N) is 3. The van der Waals surface area contributed by atoms with E-state index in [9.17, 15) is 0 Å². The number of ether oxygens (including phenoxy) is 1. The summed E-state index contributed by atoms with van der Waals surface area (Å²) in [5.74, 6) is 2.03. The van der Waals surface area contributed by atoms with Gasteiger partial charge in [0.15, 0.2) is 21.0 Å². The maximum absolute atomic E-state index is 6.09. The van der Waals surface area contributed by atoms with Crippen molar-refractivity contribution in [3.8, 4) is 11.5 Å². The molecular formula is C19H16N4OS3. The van der Waals surface area contributed by atoms with Crippen LogP contribution in [0.15, 0.2) is 62.6 Å². The van der Waals surface area contributed by atoms with Gasteiger partial charge in [0, 0.05) is 33.6 Å². The van der Waals surface area contributed by atoms with E-state index in [-0.39, 0.29) is 0 Å². The van der Waals surface area contributed by atoms with Crippen LogP contribution in [0.2, 0.25) is 0 Å². The van der Waals surface area contributed by atoms with Crippen LogP contribution in [0.5, 0.6) is 11.5 Å². The van der Waals surface area contributed by atoms with E-state index in [0.29, 0.717) is 11.6 Å². The van der Waals surface area contributed by atoms with Gasteiger partial charge in [-0.1, -0.05) is 30.0 Å². The molecule has 0 saturated heterocycles. The number of aryl methyl sites for hydroxylation is 2. The Morgan fingerprint density at radius 2 is 1.78 bits per heavy atom. The third kappa shape index (κ3) is 4.65. The highest BCUT2D eigenvalue weighted by molar-refractivity contribution is 8.01. The first kappa shape index (κ1) is 18.0. The average molecular weight is 413 g/mol. The molecule has 5 nitrogen and oxygen atoms in total. The molecule has 4 aromatic rings. The Morgan fingerprint density at radius 1 is 1.00 bits per heavy atom. The molecule has 0 amide bonds. The zero-order valence-corrected chi connectivity index (χ0v) is 17.1. The van der Waals surface area contributed by atoms with Gasteiger partial charge >= 0.3 is 0 Å². The summed E-state index contributed by atoms with van der Waals surface area (Å²) in [5, 5.41) is 8.08. The summed E-state index contributed by atoms with van der Waals surface area (Å²) in [6.07, 6.45) is 1.82. The first-order valence-electron chi connectivity index (χ1n) is 8.18. The van der Waals surface area contributed by atoms with Crippen LogP contribution in [0.1, 0.15) is 11.4 Å². The fourth-order valence-corrected chi connectivity index (χ4v) is 4.76. The highest BCUT2D eigenvalue weighted by atomic mass is 32.2. The second kappa shape index (κ2) is 8.08. The zero-order chi connectivity index (χ0) is 18.6. The molecule has 0 fully saturated rings. The molecule has 0 aliphatic rings. The summed E-state index contributed by atoms with van der Waals surface area (Å²) in [6, 6.07) is 11.7. The molecule has 27 heavy (non-hydrogen) atoms. The first-order chi connectivity index (χ1) is 13.2. The molecule has 1 N–H and O–H groups in total. The van der Waals surface area contributed by atoms with Crippen molar-refractivity contribution in [2.24, 2.45) is 0 Å². The average Bonchev–Trinajstić information content (AvgIpc) is 3.26. The van der Waals surface area contributed by atoms with Gasteiger partial charge in [-0.2, -0.15) is 0 Å². The van der Waals surface area contributed by atoms with Crippen LogP contribution in [0, 0.1) is 13.8 Å². The smallest absolute Gasteiger partial charge is 0.188 e. The Kier molecular flexibility index (Phi) is 5.38. The lowest BCUT2D eigenvalue weighted by Crippen LogP contribution is -1.97. The van der Waals surface area contributed by atoms with E-state index in [4.69, 9.17) is 4.74 Å². The lowest BCUT2D eigenvalue weighted by molar-refractivity contribution is 0.481. The van der Waals surface area contributed by atoms with Gasteiger partial charge in [-0.3, -0.25) is 0 Å². The zero-order valence-electron chi connectivity index (χ0n) is 14.7. The number of benzene rings is 1. The molecule has 0 spiro atoms. The van der Waals surface area contributed by atoms with Gasteiger partial charge in [0.05, 0.1) is 5.69 Å². The second-order valence-corrected chi connectivity index (χ2v) is 8.75. The Labute approximate surface area is 169 Å². The van der Waals surface area contributed by atoms with Crippen molar-refractivity contribution in [2.45, 2.75) is 23.1 Å². The van der Waals surface area contributed by atoms with Crippen LogP contribution in [0.3, 0.4) is 0 Å². The van der Waals surface area contributed by atoms with E-state index in [0.717, 1.165) is 31.5 Å². The van der Waals surface area contributed by atoms with Crippen molar-refractivity contribution in [1.82, 2.24) is 15.0 Å². The number of pyridine rings is 1. The largest absolute Gasteiger partial charge is 0.453 e. The minimum Gasteiger partial charge on any atom is -0.453 e. The van der Waals surface area contributed by atoms with Crippen molar-refractivity contribution in [2.75, 3.05) is 5.32 Å². The molecule has 0 atom stereocenters. The topological polar surface area (TPSA) is 59.9 Å². The Bertz CT molecular complexity index is 1050. The molecule has 0 aliphatic heterocycles. The van der Waals surface area contributed by atoms with Crippen LogP contribution in [0.4, 0.5) is 10.9 Å². The fourth-order valence-electron chi connectivity index (χ4n) is 2.26. The van der Waals surface area contributed by atoms with Crippen molar-refractivity contribution < 1.29 is 4.74 Å². The van der Waals surface area contributed by atoms with Crippen LogP contribution in [-0.4, -0.2) is 15.0 Å². The summed E-state index contributed by atoms with van der Waals surface area (Å²) < 4.78 is 7.08. The molecule has 0 aliphatic carbocycles. The van der Waals surface area contributed by atoms with Crippen molar-refractivity contribution in [1.29, 1.82) is 0 Å². The lowest BCUT2D eigenvalue weighted by Gasteiger charge is -2.12. The fraction of sp³-hybridized carbons (Fsp3) is 0.105. The molecule has 0 saturated carbocycles.